The second kappa shape index (κ2) is 17.3. The SMILES string of the molecule is [C-]#[N+]c1ccc(N(c2ccc([N+]#[C-])cc2)c2ccc3c(c2)c2ccccc2n3-c2ccc(-c3ccc(-c4ccc(-c5cc(-c6ccccc6)nc(-c6ccccc6)n5)cc4)cc3)cc2C)cc1. The topological polar surface area (TPSA) is 42.7 Å². The van der Waals surface area contributed by atoms with E-state index in [0.29, 0.717) is 17.2 Å². The quantitative estimate of drug-likeness (QED) is 0.136. The van der Waals surface area contributed by atoms with Gasteiger partial charge in [0.25, 0.3) is 0 Å². The number of rotatable bonds is 9. The molecule has 0 amide bonds. The Hall–Kier alpha value is -9.36. The van der Waals surface area contributed by atoms with Gasteiger partial charge >= 0.3 is 0 Å². The molecule has 0 unspecified atom stereocenters. The molecule has 0 atom stereocenters. The van der Waals surface area contributed by atoms with Gasteiger partial charge in [0.1, 0.15) is 0 Å². The van der Waals surface area contributed by atoms with Crippen LogP contribution in [0.15, 0.2) is 224 Å². The van der Waals surface area contributed by atoms with Gasteiger partial charge in [-0.2, -0.15) is 0 Å². The van der Waals surface area contributed by atoms with Crippen LogP contribution in [0, 0.1) is 20.1 Å². The van der Waals surface area contributed by atoms with Gasteiger partial charge in [-0.25, -0.2) is 19.7 Å². The summed E-state index contributed by atoms with van der Waals surface area (Å²) in [4.78, 5) is 19.4. The van der Waals surface area contributed by atoms with Gasteiger partial charge in [-0.1, -0.05) is 158 Å². The Morgan fingerprint density at radius 2 is 0.851 bits per heavy atom. The molecule has 0 saturated heterocycles. The smallest absolute Gasteiger partial charge is 0.187 e. The first-order valence-electron chi connectivity index (χ1n) is 22.1. The van der Waals surface area contributed by atoms with Crippen LogP contribution in [-0.4, -0.2) is 14.5 Å². The summed E-state index contributed by atoms with van der Waals surface area (Å²) in [6, 6.07) is 77.1. The summed E-state index contributed by atoms with van der Waals surface area (Å²) in [5, 5.41) is 2.29. The molecule has 0 N–H and O–H groups in total. The van der Waals surface area contributed by atoms with Crippen LogP contribution < -0.4 is 4.90 Å². The van der Waals surface area contributed by atoms with Crippen molar-refractivity contribution in [3.8, 4) is 61.8 Å². The largest absolute Gasteiger partial charge is 0.311 e. The van der Waals surface area contributed by atoms with Crippen molar-refractivity contribution in [3.05, 3.63) is 253 Å². The van der Waals surface area contributed by atoms with E-state index in [1.165, 1.54) is 5.56 Å². The minimum absolute atomic E-state index is 0.585. The Bertz CT molecular complexity index is 3560. The van der Waals surface area contributed by atoms with Crippen LogP contribution in [0.3, 0.4) is 0 Å². The van der Waals surface area contributed by atoms with Crippen LogP contribution in [0.25, 0.3) is 93.3 Å². The average Bonchev–Trinajstić information content (AvgIpc) is 3.73. The molecule has 314 valence electrons. The molecule has 2 heterocycles. The lowest BCUT2D eigenvalue weighted by atomic mass is 9.97. The summed E-state index contributed by atoms with van der Waals surface area (Å²) < 4.78 is 2.37. The second-order valence-electron chi connectivity index (χ2n) is 16.5. The van der Waals surface area contributed by atoms with Gasteiger partial charge in [0.2, 0.25) is 0 Å². The highest BCUT2D eigenvalue weighted by atomic mass is 15.1. The van der Waals surface area contributed by atoms with Gasteiger partial charge in [-0.05, 0) is 101 Å². The van der Waals surface area contributed by atoms with Gasteiger partial charge in [0.05, 0.1) is 35.6 Å². The molecule has 0 radical (unpaired) electrons. The van der Waals surface area contributed by atoms with E-state index in [9.17, 15) is 0 Å². The summed E-state index contributed by atoms with van der Waals surface area (Å²) in [6.07, 6.45) is 0. The fourth-order valence-corrected chi connectivity index (χ4v) is 9.00. The first-order chi connectivity index (χ1) is 33.0. The van der Waals surface area contributed by atoms with Crippen molar-refractivity contribution >= 4 is 50.2 Å². The van der Waals surface area contributed by atoms with Crippen LogP contribution >= 0.6 is 0 Å². The number of para-hydroxylation sites is 1. The normalized spacial score (nSPS) is 11.0. The Balaban J connectivity index is 0.891. The maximum Gasteiger partial charge on any atom is 0.187 e. The second-order valence-corrected chi connectivity index (χ2v) is 16.5. The van der Waals surface area contributed by atoms with E-state index in [0.717, 1.165) is 94.9 Å². The van der Waals surface area contributed by atoms with Gasteiger partial charge in [-0.3, -0.25) is 0 Å². The molecule has 0 bridgehead atoms. The maximum atomic E-state index is 7.49. The van der Waals surface area contributed by atoms with Crippen molar-refractivity contribution in [1.82, 2.24) is 14.5 Å². The van der Waals surface area contributed by atoms with Crippen molar-refractivity contribution in [2.24, 2.45) is 0 Å². The summed E-state index contributed by atoms with van der Waals surface area (Å²) in [5.74, 6) is 0.704. The number of fused-ring (bicyclic) bond motifs is 3. The molecule has 0 aliphatic carbocycles. The average molecular weight is 857 g/mol. The standard InChI is InChI=1S/C61H40N6/c1-41-38-48(44-20-18-42(19-21-44)43-22-24-46(25-23-43)57-40-56(45-12-6-4-7-13-45)64-61(65-57)47-14-8-5-9-15-47)26-36-58(41)67-59-17-11-10-16-54(59)55-39-53(35-37-60(55)67)66(51-31-27-49(62-2)28-32-51)52-33-29-50(63-3)30-34-52/h4-40H,1H3. The minimum Gasteiger partial charge on any atom is -0.311 e. The summed E-state index contributed by atoms with van der Waals surface area (Å²) >= 11 is 0. The highest BCUT2D eigenvalue weighted by Crippen LogP contribution is 2.41. The molecular formula is C61H40N6. The van der Waals surface area contributed by atoms with E-state index in [4.69, 9.17) is 23.1 Å². The van der Waals surface area contributed by atoms with Crippen LogP contribution in [0.4, 0.5) is 28.4 Å². The zero-order chi connectivity index (χ0) is 45.3. The fourth-order valence-electron chi connectivity index (χ4n) is 9.00. The van der Waals surface area contributed by atoms with Crippen LogP contribution in [-0.2, 0) is 0 Å². The van der Waals surface area contributed by atoms with Crippen LogP contribution in [0.1, 0.15) is 5.56 Å². The molecule has 2 aromatic heterocycles. The lowest BCUT2D eigenvalue weighted by Crippen LogP contribution is -2.09. The molecule has 6 nitrogen and oxygen atoms in total. The van der Waals surface area contributed by atoms with Crippen LogP contribution in [0.2, 0.25) is 0 Å². The molecular weight excluding hydrogens is 817 g/mol. The number of anilines is 3. The summed E-state index contributed by atoms with van der Waals surface area (Å²) in [7, 11) is 0. The number of benzene rings is 9. The summed E-state index contributed by atoms with van der Waals surface area (Å²) in [5.41, 5.74) is 18.0. The fraction of sp³-hybridized carbons (Fsp3) is 0.0164. The van der Waals surface area contributed by atoms with Crippen molar-refractivity contribution in [1.29, 1.82) is 0 Å². The molecule has 11 rings (SSSR count). The van der Waals surface area contributed by atoms with Crippen molar-refractivity contribution in [2.45, 2.75) is 6.92 Å². The first-order valence-corrected chi connectivity index (χ1v) is 22.1. The van der Waals surface area contributed by atoms with Crippen LogP contribution in [0.5, 0.6) is 0 Å². The Kier molecular flexibility index (Phi) is 10.4. The minimum atomic E-state index is 0.585. The molecule has 67 heavy (non-hydrogen) atoms. The highest BCUT2D eigenvalue weighted by Gasteiger charge is 2.19. The number of nitrogens with zero attached hydrogens (tertiary/aromatic N) is 6. The Labute approximate surface area is 389 Å². The van der Waals surface area contributed by atoms with Gasteiger partial charge < -0.3 is 9.47 Å². The molecule has 0 aliphatic heterocycles. The predicted molar refractivity (Wildman–Crippen MR) is 275 cm³/mol. The zero-order valence-electron chi connectivity index (χ0n) is 36.5. The molecule has 0 aliphatic rings. The van der Waals surface area contributed by atoms with E-state index < -0.39 is 0 Å². The van der Waals surface area contributed by atoms with Crippen molar-refractivity contribution < 1.29 is 0 Å². The van der Waals surface area contributed by atoms with Gasteiger partial charge in [-0.15, -0.1) is 0 Å². The molecule has 0 spiro atoms. The molecule has 11 aromatic rings. The van der Waals surface area contributed by atoms with Crippen molar-refractivity contribution in [2.75, 3.05) is 4.90 Å². The monoisotopic (exact) mass is 856 g/mol. The predicted octanol–water partition coefficient (Wildman–Crippen LogP) is 16.8. The van der Waals surface area contributed by atoms with Gasteiger partial charge in [0, 0.05) is 50.2 Å². The third-order valence-corrected chi connectivity index (χ3v) is 12.4. The third kappa shape index (κ3) is 7.76. The number of hydrogen-bond acceptors (Lipinski definition) is 3. The first kappa shape index (κ1) is 40.4. The number of aryl methyl sites for hydroxylation is 1. The van der Waals surface area contributed by atoms with Crippen molar-refractivity contribution in [3.63, 3.8) is 0 Å². The highest BCUT2D eigenvalue weighted by molar-refractivity contribution is 6.11. The molecule has 6 heteroatoms. The Morgan fingerprint density at radius 3 is 1.42 bits per heavy atom. The maximum absolute atomic E-state index is 7.49. The number of aromatic nitrogens is 3. The van der Waals surface area contributed by atoms with E-state index in [1.807, 2.05) is 84.9 Å². The van der Waals surface area contributed by atoms with E-state index in [-0.39, 0.29) is 0 Å². The third-order valence-electron chi connectivity index (χ3n) is 12.4. The Morgan fingerprint density at radius 1 is 0.388 bits per heavy atom. The molecule has 0 saturated carbocycles. The van der Waals surface area contributed by atoms with E-state index in [2.05, 4.69) is 166 Å². The molecule has 9 aromatic carbocycles. The summed E-state index contributed by atoms with van der Waals surface area (Å²) in [6.45, 7) is 17.2. The number of hydrogen-bond donors (Lipinski definition) is 0. The van der Waals surface area contributed by atoms with E-state index >= 15 is 0 Å². The zero-order valence-corrected chi connectivity index (χ0v) is 36.5. The lowest BCUT2D eigenvalue weighted by molar-refractivity contribution is 1.15. The van der Waals surface area contributed by atoms with E-state index in [1.54, 1.807) is 0 Å². The molecule has 0 fully saturated rings. The van der Waals surface area contributed by atoms with Gasteiger partial charge in [0.15, 0.2) is 17.2 Å². The lowest BCUT2D eigenvalue weighted by Gasteiger charge is -2.26.